The highest BCUT2D eigenvalue weighted by molar-refractivity contribution is 7.98. The summed E-state index contributed by atoms with van der Waals surface area (Å²) in [6.07, 6.45) is 0.163. The first-order valence-corrected chi connectivity index (χ1v) is 15.9. The molecule has 0 bridgehead atoms. The van der Waals surface area contributed by atoms with Crippen LogP contribution in [0.4, 0.5) is 5.82 Å². The number of esters is 1. The summed E-state index contributed by atoms with van der Waals surface area (Å²) in [5.74, 6) is 0.103. The van der Waals surface area contributed by atoms with Crippen LogP contribution >= 0.6 is 59.5 Å². The van der Waals surface area contributed by atoms with E-state index < -0.39 is 11.9 Å². The molecule has 4 aromatic rings. The van der Waals surface area contributed by atoms with Crippen LogP contribution in [0, 0.1) is 22.7 Å². The lowest BCUT2D eigenvalue weighted by Crippen LogP contribution is -2.18. The summed E-state index contributed by atoms with van der Waals surface area (Å²) in [5.41, 5.74) is 13.7. The number of nitrogens with one attached hydrogen (secondary N) is 1. The maximum absolute atomic E-state index is 12.5. The molecule has 2 aromatic heterocycles. The van der Waals surface area contributed by atoms with Crippen LogP contribution in [0.2, 0.25) is 5.02 Å². The molecule has 0 fully saturated rings. The molecule has 16 heteroatoms. The normalized spacial score (nSPS) is 10.1. The van der Waals surface area contributed by atoms with E-state index in [1.54, 1.807) is 36.4 Å². The van der Waals surface area contributed by atoms with Gasteiger partial charge in [0.2, 0.25) is 5.91 Å². The highest BCUT2D eigenvalue weighted by atomic mass is 35.5. The van der Waals surface area contributed by atoms with Crippen molar-refractivity contribution in [3.8, 4) is 39.6 Å². The van der Waals surface area contributed by atoms with Gasteiger partial charge in [0.15, 0.2) is 5.82 Å². The highest BCUT2D eigenvalue weighted by Gasteiger charge is 2.23. The smallest absolute Gasteiger partial charge is 0.307 e. The van der Waals surface area contributed by atoms with Crippen molar-refractivity contribution in [1.29, 1.82) is 10.5 Å². The first-order chi connectivity index (χ1) is 21.9. The molecule has 0 unspecified atom stereocenters. The minimum absolute atomic E-state index is 0. The van der Waals surface area contributed by atoms with Gasteiger partial charge in [-0.05, 0) is 29.8 Å². The lowest BCUT2D eigenvalue weighted by molar-refractivity contribution is -0.144. The van der Waals surface area contributed by atoms with Crippen LogP contribution in [0.25, 0.3) is 21.7 Å². The summed E-state index contributed by atoms with van der Waals surface area (Å²) >= 11 is 8.77. The molecule has 0 aliphatic carbocycles. The predicted molar refractivity (Wildman–Crippen MR) is 188 cm³/mol. The maximum Gasteiger partial charge on any atom is 0.307 e. The van der Waals surface area contributed by atoms with Crippen molar-refractivity contribution in [3.63, 3.8) is 0 Å². The van der Waals surface area contributed by atoms with Gasteiger partial charge in [-0.15, -0.1) is 36.2 Å². The first kappa shape index (κ1) is 39.3. The number of carbonyl (C=O) groups excluding carboxylic acids is 2. The Morgan fingerprint density at radius 3 is 2.21 bits per heavy atom. The van der Waals surface area contributed by atoms with E-state index in [1.807, 2.05) is 17.5 Å². The van der Waals surface area contributed by atoms with Crippen LogP contribution in [-0.4, -0.2) is 48.1 Å². The molecule has 47 heavy (non-hydrogen) atoms. The second kappa shape index (κ2) is 19.7. The van der Waals surface area contributed by atoms with Crippen LogP contribution in [0.5, 0.6) is 5.75 Å². The second-order valence-corrected chi connectivity index (χ2v) is 11.5. The van der Waals surface area contributed by atoms with Crippen LogP contribution < -0.4 is 21.5 Å². The Labute approximate surface area is 297 Å². The summed E-state index contributed by atoms with van der Waals surface area (Å²) < 4.78 is 10.7. The molecule has 11 nitrogen and oxygen atoms in total. The number of rotatable bonds is 14. The summed E-state index contributed by atoms with van der Waals surface area (Å²) in [6.45, 7) is 0.521. The van der Waals surface area contributed by atoms with Gasteiger partial charge >= 0.3 is 5.97 Å². The summed E-state index contributed by atoms with van der Waals surface area (Å²) in [6, 6.07) is 18.5. The number of thioether (sulfide) groups is 1. The minimum atomic E-state index is -0.406. The monoisotopic (exact) mass is 733 g/mol. The van der Waals surface area contributed by atoms with E-state index in [0.717, 1.165) is 16.3 Å². The number of carbonyl (C=O) groups is 2. The van der Waals surface area contributed by atoms with Gasteiger partial charge in [0.1, 0.15) is 46.7 Å². The van der Waals surface area contributed by atoms with Gasteiger partial charge in [0.05, 0.1) is 17.7 Å². The van der Waals surface area contributed by atoms with Crippen molar-refractivity contribution in [3.05, 3.63) is 75.8 Å². The number of benzene rings is 2. The number of thiazole rings is 1. The fourth-order valence-electron chi connectivity index (χ4n) is 4.05. The van der Waals surface area contributed by atoms with E-state index in [0.29, 0.717) is 32.7 Å². The largest absolute Gasteiger partial charge is 0.490 e. The van der Waals surface area contributed by atoms with Crippen LogP contribution in [0.1, 0.15) is 29.7 Å². The third-order valence-electron chi connectivity index (χ3n) is 6.12. The van der Waals surface area contributed by atoms with Crippen molar-refractivity contribution < 1.29 is 19.1 Å². The molecular formula is C31H30Cl3N7O4S2. The Kier molecular flexibility index (Phi) is 16.4. The van der Waals surface area contributed by atoms with Gasteiger partial charge in [-0.25, -0.2) is 9.97 Å². The zero-order valence-electron chi connectivity index (χ0n) is 24.7. The Morgan fingerprint density at radius 2 is 1.57 bits per heavy atom. The molecule has 0 aliphatic heterocycles. The average Bonchev–Trinajstić information content (AvgIpc) is 3.51. The number of hydrogen-bond acceptors (Lipinski definition) is 12. The number of halogens is 3. The maximum atomic E-state index is 12.5. The molecule has 2 aromatic carbocycles. The molecule has 0 saturated carbocycles. The number of nitrogens with two attached hydrogens (primary N) is 2. The van der Waals surface area contributed by atoms with E-state index in [2.05, 4.69) is 22.4 Å². The Hall–Kier alpha value is -3.92. The van der Waals surface area contributed by atoms with Crippen molar-refractivity contribution in [2.45, 2.75) is 23.6 Å². The molecule has 1 amide bonds. The minimum Gasteiger partial charge on any atom is -0.490 e. The SMILES string of the molecule is Cl.Cl.N#Cc1c(NC(=O)CCN)nc(SCc2csc(-c3ccc(Cl)cc3)n2)c(C#N)c1-c1ccc(OCCOC(=O)CCN)cc1. The molecule has 0 saturated heterocycles. The number of hydrogen-bond donors (Lipinski definition) is 3. The number of ether oxygens (including phenoxy) is 2. The predicted octanol–water partition coefficient (Wildman–Crippen LogP) is 5.96. The van der Waals surface area contributed by atoms with E-state index in [9.17, 15) is 20.1 Å². The molecule has 0 radical (unpaired) electrons. The Bertz CT molecular complexity index is 1740. The zero-order chi connectivity index (χ0) is 32.2. The van der Waals surface area contributed by atoms with Crippen LogP contribution in [0.3, 0.4) is 0 Å². The third kappa shape index (κ3) is 10.8. The fourth-order valence-corrected chi connectivity index (χ4v) is 5.99. The fraction of sp³-hybridized carbons (Fsp3) is 0.226. The topological polar surface area (TPSA) is 190 Å². The van der Waals surface area contributed by atoms with E-state index in [1.165, 1.54) is 23.1 Å². The molecule has 0 atom stereocenters. The standard InChI is InChI=1S/C31H28ClN7O4S2.2ClH/c32-21-5-1-20(2-6-21)30-37-22(17-44-30)18-45-31-25(16-36)28(24(15-35)29(39-31)38-26(40)9-11-33)19-3-7-23(8-4-19)42-13-14-43-27(41)10-12-34;;/h1-8,17H,9-14,18,33-34H2,(H,38,39,40);2*1H. The Morgan fingerprint density at radius 1 is 0.915 bits per heavy atom. The lowest BCUT2D eigenvalue weighted by Gasteiger charge is -2.16. The Balaban J connectivity index is 0.00000384. The van der Waals surface area contributed by atoms with Crippen LogP contribution in [-0.2, 0) is 20.1 Å². The molecule has 0 aliphatic rings. The summed E-state index contributed by atoms with van der Waals surface area (Å²) in [5, 5.41) is 26.8. The van der Waals surface area contributed by atoms with Gasteiger partial charge in [0, 0.05) is 46.8 Å². The van der Waals surface area contributed by atoms with Gasteiger partial charge < -0.3 is 26.3 Å². The van der Waals surface area contributed by atoms with Crippen molar-refractivity contribution in [2.24, 2.45) is 11.5 Å². The number of nitrogens with zero attached hydrogens (tertiary/aromatic N) is 4. The van der Waals surface area contributed by atoms with Crippen molar-refractivity contribution >= 4 is 77.2 Å². The number of anilines is 1. The molecule has 0 spiro atoms. The quantitative estimate of drug-likeness (QED) is 0.0787. The number of amides is 1. The average molecular weight is 735 g/mol. The molecule has 4 rings (SSSR count). The van der Waals surface area contributed by atoms with Gasteiger partial charge in [-0.2, -0.15) is 10.5 Å². The highest BCUT2D eigenvalue weighted by Crippen LogP contribution is 2.38. The molecule has 5 N–H and O–H groups in total. The van der Waals surface area contributed by atoms with Crippen molar-refractivity contribution in [1.82, 2.24) is 9.97 Å². The lowest BCUT2D eigenvalue weighted by atomic mass is 9.96. The van der Waals surface area contributed by atoms with Gasteiger partial charge in [-0.1, -0.05) is 47.6 Å². The second-order valence-electron chi connectivity index (χ2n) is 9.27. The van der Waals surface area contributed by atoms with Gasteiger partial charge in [0.25, 0.3) is 0 Å². The van der Waals surface area contributed by atoms with Crippen molar-refractivity contribution in [2.75, 3.05) is 31.6 Å². The number of aromatic nitrogens is 2. The van der Waals surface area contributed by atoms with E-state index in [-0.39, 0.29) is 80.9 Å². The van der Waals surface area contributed by atoms with E-state index >= 15 is 0 Å². The molecular weight excluding hydrogens is 705 g/mol. The third-order valence-corrected chi connectivity index (χ3v) is 8.32. The first-order valence-electron chi connectivity index (χ1n) is 13.7. The molecule has 2 heterocycles. The summed E-state index contributed by atoms with van der Waals surface area (Å²) in [7, 11) is 0. The van der Waals surface area contributed by atoms with Crippen LogP contribution in [0.15, 0.2) is 58.9 Å². The number of nitriles is 2. The van der Waals surface area contributed by atoms with Gasteiger partial charge in [-0.3, -0.25) is 9.59 Å². The zero-order valence-corrected chi connectivity index (χ0v) is 28.8. The number of pyridine rings is 1. The summed E-state index contributed by atoms with van der Waals surface area (Å²) in [4.78, 5) is 33.2. The molecule has 246 valence electrons. The van der Waals surface area contributed by atoms with E-state index in [4.69, 9.17) is 37.5 Å².